The maximum atomic E-state index is 14.4. The van der Waals surface area contributed by atoms with Crippen LogP contribution in [-0.2, 0) is 14.8 Å². The van der Waals surface area contributed by atoms with Gasteiger partial charge in [0.2, 0.25) is 15.9 Å². The molecule has 0 radical (unpaired) electrons. The summed E-state index contributed by atoms with van der Waals surface area (Å²) in [6.45, 7) is 3.06. The molecule has 16 heteroatoms. The average molecular weight is 679 g/mol. The summed E-state index contributed by atoms with van der Waals surface area (Å²) in [5.74, 6) is -2.03. The molecule has 0 aliphatic rings. The van der Waals surface area contributed by atoms with E-state index >= 15 is 0 Å². The lowest BCUT2D eigenvalue weighted by atomic mass is 10.0. The molecule has 3 aromatic carbocycles. The zero-order valence-corrected chi connectivity index (χ0v) is 26.7. The van der Waals surface area contributed by atoms with Crippen LogP contribution in [0.1, 0.15) is 36.7 Å². The van der Waals surface area contributed by atoms with Crippen LogP contribution in [-0.4, -0.2) is 76.4 Å². The van der Waals surface area contributed by atoms with Crippen molar-refractivity contribution >= 4 is 38.4 Å². The third-order valence-corrected chi connectivity index (χ3v) is 9.50. The molecule has 4 aromatic rings. The first kappa shape index (κ1) is 35.3. The van der Waals surface area contributed by atoms with Gasteiger partial charge in [-0.1, -0.05) is 13.0 Å². The van der Waals surface area contributed by atoms with Crippen LogP contribution in [0.5, 0.6) is 0 Å². The summed E-state index contributed by atoms with van der Waals surface area (Å²) in [6, 6.07) is 13.2. The number of amides is 2. The Morgan fingerprint density at radius 1 is 1.06 bits per heavy atom. The van der Waals surface area contributed by atoms with E-state index in [9.17, 15) is 40.7 Å². The number of fused-ring (bicyclic) bond motifs is 1. The number of nitrogens with one attached hydrogen (secondary N) is 2. The number of aromatic nitrogens is 2. The van der Waals surface area contributed by atoms with Gasteiger partial charge in [0.15, 0.2) is 5.60 Å². The zero-order chi connectivity index (χ0) is 34.9. The third kappa shape index (κ3) is 7.39. The number of aryl methyl sites for hydroxylation is 1. The van der Waals surface area contributed by atoms with Crippen LogP contribution in [0.3, 0.4) is 0 Å². The van der Waals surface area contributed by atoms with Crippen LogP contribution >= 0.6 is 0 Å². The second kappa shape index (κ2) is 12.9. The molecule has 0 spiro atoms. The quantitative estimate of drug-likeness (QED) is 0.166. The summed E-state index contributed by atoms with van der Waals surface area (Å²) in [4.78, 5) is 24.1. The number of primary amides is 1. The summed E-state index contributed by atoms with van der Waals surface area (Å²) >= 11 is 0. The summed E-state index contributed by atoms with van der Waals surface area (Å²) in [6.07, 6.45) is -3.87. The van der Waals surface area contributed by atoms with Crippen molar-refractivity contribution < 1.29 is 40.7 Å². The van der Waals surface area contributed by atoms with Gasteiger partial charge in [-0.15, -0.1) is 0 Å². The number of hydrogen-bond acceptors (Lipinski definition) is 7. The van der Waals surface area contributed by atoms with Gasteiger partial charge in [0.05, 0.1) is 35.4 Å². The number of aliphatic hydroxyl groups is 1. The number of carbonyl (C=O) groups excluding carboxylic acids is 2. The molecule has 0 saturated carbocycles. The van der Waals surface area contributed by atoms with Gasteiger partial charge in [-0.3, -0.25) is 9.59 Å². The Kier molecular flexibility index (Phi) is 9.71. The van der Waals surface area contributed by atoms with Gasteiger partial charge in [0, 0.05) is 23.2 Å². The minimum Gasteiger partial charge on any atom is -0.381 e. The van der Waals surface area contributed by atoms with E-state index in [0.29, 0.717) is 26.5 Å². The van der Waals surface area contributed by atoms with E-state index in [0.717, 1.165) is 24.3 Å². The van der Waals surface area contributed by atoms with Gasteiger partial charge in [-0.05, 0) is 80.9 Å². The Labute approximate surface area is 268 Å². The molecule has 252 valence electrons. The number of likely N-dealkylation sites (N-methyl/N-ethyl adjacent to an activating group) is 1. The maximum absolute atomic E-state index is 14.4. The number of anilines is 1. The molecule has 1 heterocycles. The minimum absolute atomic E-state index is 0.176. The molecule has 0 aliphatic carbocycles. The molecule has 5 N–H and O–H groups in total. The first-order chi connectivity index (χ1) is 21.8. The topological polar surface area (TPSA) is 160 Å². The van der Waals surface area contributed by atoms with Crippen molar-refractivity contribution in [2.45, 2.75) is 49.9 Å². The fourth-order valence-electron chi connectivity index (χ4n) is 4.72. The predicted molar refractivity (Wildman–Crippen MR) is 167 cm³/mol. The van der Waals surface area contributed by atoms with Gasteiger partial charge in [0.25, 0.3) is 5.91 Å². The van der Waals surface area contributed by atoms with E-state index in [2.05, 4.69) is 15.7 Å². The monoisotopic (exact) mass is 678 g/mol. The lowest BCUT2D eigenvalue weighted by Gasteiger charge is -2.35. The first-order valence-electron chi connectivity index (χ1n) is 14.3. The Bertz CT molecular complexity index is 1910. The number of rotatable bonds is 12. The van der Waals surface area contributed by atoms with Gasteiger partial charge >= 0.3 is 6.18 Å². The lowest BCUT2D eigenvalue weighted by Crippen LogP contribution is -2.58. The highest BCUT2D eigenvalue weighted by Gasteiger charge is 2.55. The molecule has 2 amide bonds. The van der Waals surface area contributed by atoms with Crippen LogP contribution in [0, 0.1) is 12.7 Å². The molecular formula is C31H34F4N6O5S. The van der Waals surface area contributed by atoms with E-state index in [1.807, 2.05) is 0 Å². The SMILES string of the molecule is CCN(CC(O)(CNc1cc(C)cc2c1cnn2-c1cccc(C(=O)NC(C)(C)C(N)=O)c1)C(F)(F)F)S(=O)(=O)c1ccc(F)cc1. The number of benzene rings is 3. The van der Waals surface area contributed by atoms with E-state index in [-0.39, 0.29) is 11.3 Å². The molecule has 47 heavy (non-hydrogen) atoms. The van der Waals surface area contributed by atoms with Crippen LogP contribution in [0.15, 0.2) is 71.8 Å². The van der Waals surface area contributed by atoms with E-state index in [4.69, 9.17) is 5.73 Å². The highest BCUT2D eigenvalue weighted by atomic mass is 32.2. The normalized spacial score (nSPS) is 13.8. The Hall–Kier alpha value is -4.54. The molecular weight excluding hydrogens is 644 g/mol. The summed E-state index contributed by atoms with van der Waals surface area (Å²) < 4.78 is 84.7. The van der Waals surface area contributed by atoms with Crippen molar-refractivity contribution in [2.24, 2.45) is 5.73 Å². The summed E-state index contributed by atoms with van der Waals surface area (Å²) in [5, 5.41) is 20.9. The second-order valence-electron chi connectivity index (χ2n) is 11.6. The standard InChI is InChI=1S/C31H34F4N6O5S/c1-5-40(47(45,46)23-11-9-21(32)10-12-23)18-30(44,31(33,34)35)17-37-25-13-19(2)14-26-24(25)16-38-41(26)22-8-6-7-20(15-22)27(42)39-29(3,4)28(36)43/h6-16,37,44H,5,17-18H2,1-4H3,(H2,36,43)(H,39,42). The largest absolute Gasteiger partial charge is 0.420 e. The Morgan fingerprint density at radius 3 is 2.32 bits per heavy atom. The van der Waals surface area contributed by atoms with Crippen LogP contribution < -0.4 is 16.4 Å². The van der Waals surface area contributed by atoms with Crippen molar-refractivity contribution in [1.82, 2.24) is 19.4 Å². The number of nitrogens with two attached hydrogens (primary N) is 1. The van der Waals surface area contributed by atoms with Crippen molar-refractivity contribution in [3.63, 3.8) is 0 Å². The number of alkyl halides is 3. The number of nitrogens with zero attached hydrogens (tertiary/aromatic N) is 3. The van der Waals surface area contributed by atoms with Crippen molar-refractivity contribution in [3.8, 4) is 5.69 Å². The number of hydrogen-bond donors (Lipinski definition) is 4. The lowest BCUT2D eigenvalue weighted by molar-refractivity contribution is -0.255. The number of halogens is 4. The molecule has 0 bridgehead atoms. The summed E-state index contributed by atoms with van der Waals surface area (Å²) in [5.41, 5.74) is 2.36. The van der Waals surface area contributed by atoms with Gasteiger partial charge in [-0.2, -0.15) is 22.6 Å². The highest BCUT2D eigenvalue weighted by Crippen LogP contribution is 2.35. The maximum Gasteiger partial charge on any atom is 0.420 e. The van der Waals surface area contributed by atoms with Gasteiger partial charge in [-0.25, -0.2) is 17.5 Å². The summed E-state index contributed by atoms with van der Waals surface area (Å²) in [7, 11) is -4.52. The molecule has 0 fully saturated rings. The van der Waals surface area contributed by atoms with Crippen LogP contribution in [0.4, 0.5) is 23.2 Å². The van der Waals surface area contributed by atoms with Crippen molar-refractivity contribution in [2.75, 3.05) is 25.0 Å². The molecule has 0 saturated heterocycles. The first-order valence-corrected chi connectivity index (χ1v) is 15.7. The zero-order valence-electron chi connectivity index (χ0n) is 25.9. The molecule has 1 unspecified atom stereocenters. The molecule has 1 atom stereocenters. The van der Waals surface area contributed by atoms with E-state index < -0.39 is 69.5 Å². The van der Waals surface area contributed by atoms with E-state index in [1.54, 1.807) is 31.2 Å². The Morgan fingerprint density at radius 2 is 1.72 bits per heavy atom. The van der Waals surface area contributed by atoms with Crippen LogP contribution in [0.2, 0.25) is 0 Å². The smallest absolute Gasteiger partial charge is 0.381 e. The fourth-order valence-corrected chi connectivity index (χ4v) is 6.22. The van der Waals surface area contributed by atoms with Gasteiger partial charge in [0.1, 0.15) is 11.4 Å². The molecule has 0 aliphatic heterocycles. The number of carbonyl (C=O) groups is 2. The van der Waals surface area contributed by atoms with Crippen molar-refractivity contribution in [1.29, 1.82) is 0 Å². The average Bonchev–Trinajstić information content (AvgIpc) is 3.42. The van der Waals surface area contributed by atoms with Gasteiger partial charge < -0.3 is 21.5 Å². The third-order valence-electron chi connectivity index (χ3n) is 7.57. The highest BCUT2D eigenvalue weighted by molar-refractivity contribution is 7.89. The Balaban J connectivity index is 1.65. The van der Waals surface area contributed by atoms with E-state index in [1.165, 1.54) is 43.8 Å². The minimum atomic E-state index is -5.26. The number of sulfonamides is 1. The molecule has 4 rings (SSSR count). The molecule has 11 nitrogen and oxygen atoms in total. The van der Waals surface area contributed by atoms with Crippen molar-refractivity contribution in [3.05, 3.63) is 83.8 Å². The van der Waals surface area contributed by atoms with Crippen LogP contribution in [0.25, 0.3) is 16.6 Å². The fraction of sp³-hybridized carbons (Fsp3) is 0.323. The second-order valence-corrected chi connectivity index (χ2v) is 13.5. The predicted octanol–water partition coefficient (Wildman–Crippen LogP) is 3.88. The molecule has 1 aromatic heterocycles.